The Morgan fingerprint density at radius 1 is 1.13 bits per heavy atom. The van der Waals surface area contributed by atoms with E-state index in [0.717, 1.165) is 29.9 Å². The topological polar surface area (TPSA) is 42.0 Å². The smallest absolute Gasteiger partial charge is 0.410 e. The number of carbonyl (C=O) groups is 1. The zero-order chi connectivity index (χ0) is 16.9. The van der Waals surface area contributed by atoms with E-state index < -0.39 is 5.60 Å². The largest absolute Gasteiger partial charge is 0.492 e. The normalized spacial score (nSPS) is 16.3. The summed E-state index contributed by atoms with van der Waals surface area (Å²) >= 11 is 3.41. The number of rotatable bonds is 4. The SMILES string of the molecule is CC(C)(C)OC(=O)N1CCN(CCOc2ccc(Br)cc2)CC1. The Morgan fingerprint density at radius 2 is 1.74 bits per heavy atom. The molecule has 1 aliphatic rings. The van der Waals surface area contributed by atoms with Crippen molar-refractivity contribution in [3.8, 4) is 5.75 Å². The van der Waals surface area contributed by atoms with Gasteiger partial charge in [-0.3, -0.25) is 4.90 Å². The van der Waals surface area contributed by atoms with Crippen LogP contribution in [0.2, 0.25) is 0 Å². The highest BCUT2D eigenvalue weighted by Crippen LogP contribution is 2.16. The van der Waals surface area contributed by atoms with E-state index in [1.165, 1.54) is 0 Å². The van der Waals surface area contributed by atoms with E-state index in [0.29, 0.717) is 19.7 Å². The molecule has 1 saturated heterocycles. The molecule has 0 aromatic heterocycles. The van der Waals surface area contributed by atoms with Crippen LogP contribution in [0.15, 0.2) is 28.7 Å². The predicted molar refractivity (Wildman–Crippen MR) is 93.9 cm³/mol. The van der Waals surface area contributed by atoms with Gasteiger partial charge in [0.1, 0.15) is 18.0 Å². The molecule has 1 amide bonds. The molecule has 1 aromatic carbocycles. The van der Waals surface area contributed by atoms with Gasteiger partial charge in [0.25, 0.3) is 0 Å². The van der Waals surface area contributed by atoms with E-state index in [1.807, 2.05) is 45.0 Å². The lowest BCUT2D eigenvalue weighted by Crippen LogP contribution is -2.50. The average Bonchev–Trinajstić information content (AvgIpc) is 2.48. The number of amides is 1. The van der Waals surface area contributed by atoms with Crippen molar-refractivity contribution >= 4 is 22.0 Å². The summed E-state index contributed by atoms with van der Waals surface area (Å²) in [5.41, 5.74) is -0.438. The first-order valence-electron chi connectivity index (χ1n) is 7.92. The molecule has 0 aliphatic carbocycles. The molecule has 2 rings (SSSR count). The maximum Gasteiger partial charge on any atom is 0.410 e. The summed E-state index contributed by atoms with van der Waals surface area (Å²) in [6, 6.07) is 7.83. The molecular weight excluding hydrogens is 360 g/mol. The Balaban J connectivity index is 1.66. The molecule has 1 aliphatic heterocycles. The lowest BCUT2D eigenvalue weighted by Gasteiger charge is -2.35. The Bertz CT molecular complexity index is 506. The number of hydrogen-bond acceptors (Lipinski definition) is 4. The van der Waals surface area contributed by atoms with E-state index in [9.17, 15) is 4.79 Å². The van der Waals surface area contributed by atoms with Crippen LogP contribution in [-0.2, 0) is 4.74 Å². The number of ether oxygens (including phenoxy) is 2. The van der Waals surface area contributed by atoms with Crippen molar-refractivity contribution in [1.82, 2.24) is 9.80 Å². The number of hydrogen-bond donors (Lipinski definition) is 0. The van der Waals surface area contributed by atoms with Crippen molar-refractivity contribution in [2.75, 3.05) is 39.3 Å². The molecule has 1 aromatic rings. The van der Waals surface area contributed by atoms with E-state index >= 15 is 0 Å². The summed E-state index contributed by atoms with van der Waals surface area (Å²) in [5, 5.41) is 0. The van der Waals surface area contributed by atoms with Crippen LogP contribution in [0.1, 0.15) is 20.8 Å². The van der Waals surface area contributed by atoms with Crippen molar-refractivity contribution < 1.29 is 14.3 Å². The molecule has 1 fully saturated rings. The summed E-state index contributed by atoms with van der Waals surface area (Å²) in [7, 11) is 0. The van der Waals surface area contributed by atoms with E-state index in [2.05, 4.69) is 20.8 Å². The highest BCUT2D eigenvalue weighted by molar-refractivity contribution is 9.10. The minimum absolute atomic E-state index is 0.219. The number of nitrogens with zero attached hydrogens (tertiary/aromatic N) is 2. The first-order valence-corrected chi connectivity index (χ1v) is 8.71. The van der Waals surface area contributed by atoms with Crippen molar-refractivity contribution in [2.45, 2.75) is 26.4 Å². The van der Waals surface area contributed by atoms with Gasteiger partial charge >= 0.3 is 6.09 Å². The monoisotopic (exact) mass is 384 g/mol. The van der Waals surface area contributed by atoms with Gasteiger partial charge in [0.2, 0.25) is 0 Å². The van der Waals surface area contributed by atoms with Gasteiger partial charge in [-0.1, -0.05) is 15.9 Å². The van der Waals surface area contributed by atoms with Gasteiger partial charge in [0.05, 0.1) is 0 Å². The van der Waals surface area contributed by atoms with Crippen LogP contribution in [0, 0.1) is 0 Å². The molecule has 0 unspecified atom stereocenters. The van der Waals surface area contributed by atoms with Gasteiger partial charge in [-0.25, -0.2) is 4.79 Å². The zero-order valence-corrected chi connectivity index (χ0v) is 15.6. The van der Waals surface area contributed by atoms with Gasteiger partial charge in [-0.15, -0.1) is 0 Å². The molecule has 0 bridgehead atoms. The van der Waals surface area contributed by atoms with Crippen molar-refractivity contribution in [2.24, 2.45) is 0 Å². The number of piperazine rings is 1. The summed E-state index contributed by atoms with van der Waals surface area (Å²) < 4.78 is 12.2. The zero-order valence-electron chi connectivity index (χ0n) is 14.0. The van der Waals surface area contributed by atoms with Gasteiger partial charge < -0.3 is 14.4 Å². The fourth-order valence-corrected chi connectivity index (χ4v) is 2.57. The summed E-state index contributed by atoms with van der Waals surface area (Å²) in [5.74, 6) is 0.876. The van der Waals surface area contributed by atoms with Crippen molar-refractivity contribution in [1.29, 1.82) is 0 Å². The second-order valence-electron chi connectivity index (χ2n) is 6.61. The molecule has 0 N–H and O–H groups in total. The average molecular weight is 385 g/mol. The van der Waals surface area contributed by atoms with Gasteiger partial charge in [-0.05, 0) is 45.0 Å². The summed E-state index contributed by atoms with van der Waals surface area (Å²) in [4.78, 5) is 16.1. The summed E-state index contributed by atoms with van der Waals surface area (Å²) in [6.45, 7) is 10.3. The molecule has 23 heavy (non-hydrogen) atoms. The van der Waals surface area contributed by atoms with Gasteiger partial charge in [0.15, 0.2) is 0 Å². The molecule has 1 heterocycles. The Hall–Kier alpha value is -1.27. The molecule has 0 radical (unpaired) electrons. The van der Waals surface area contributed by atoms with Crippen molar-refractivity contribution in [3.05, 3.63) is 28.7 Å². The highest BCUT2D eigenvalue weighted by atomic mass is 79.9. The van der Waals surface area contributed by atoms with E-state index in [-0.39, 0.29) is 6.09 Å². The third kappa shape index (κ3) is 6.39. The second kappa shape index (κ2) is 8.02. The number of halogens is 1. The molecule has 6 heteroatoms. The first kappa shape index (κ1) is 18.1. The Kier molecular flexibility index (Phi) is 6.30. The van der Waals surface area contributed by atoms with Gasteiger partial charge in [0, 0.05) is 37.2 Å². The van der Waals surface area contributed by atoms with Crippen LogP contribution in [-0.4, -0.2) is 60.8 Å². The second-order valence-corrected chi connectivity index (χ2v) is 7.53. The van der Waals surface area contributed by atoms with Crippen LogP contribution in [0.5, 0.6) is 5.75 Å². The van der Waals surface area contributed by atoms with Crippen molar-refractivity contribution in [3.63, 3.8) is 0 Å². The molecule has 128 valence electrons. The molecule has 0 spiro atoms. The fraction of sp³-hybridized carbons (Fsp3) is 0.588. The van der Waals surface area contributed by atoms with Crippen LogP contribution in [0.3, 0.4) is 0 Å². The maximum atomic E-state index is 12.0. The van der Waals surface area contributed by atoms with Crippen LogP contribution in [0.4, 0.5) is 4.79 Å². The molecule has 0 atom stereocenters. The maximum absolute atomic E-state index is 12.0. The molecule has 5 nitrogen and oxygen atoms in total. The molecule has 0 saturated carbocycles. The van der Waals surface area contributed by atoms with Crippen LogP contribution in [0.25, 0.3) is 0 Å². The fourth-order valence-electron chi connectivity index (χ4n) is 2.30. The first-order chi connectivity index (χ1) is 10.8. The number of benzene rings is 1. The third-order valence-corrected chi connectivity index (χ3v) is 4.04. The van der Waals surface area contributed by atoms with E-state index in [1.54, 1.807) is 4.90 Å². The minimum Gasteiger partial charge on any atom is -0.492 e. The third-order valence-electron chi connectivity index (χ3n) is 3.51. The standard InChI is InChI=1S/C17H25BrN2O3/c1-17(2,3)23-16(21)20-10-8-19(9-11-20)12-13-22-15-6-4-14(18)5-7-15/h4-7H,8-13H2,1-3H3. The van der Waals surface area contributed by atoms with Gasteiger partial charge in [-0.2, -0.15) is 0 Å². The lowest BCUT2D eigenvalue weighted by molar-refractivity contribution is 0.0137. The Morgan fingerprint density at radius 3 is 2.30 bits per heavy atom. The summed E-state index contributed by atoms with van der Waals surface area (Å²) in [6.07, 6.45) is -0.219. The molecular formula is C17H25BrN2O3. The Labute approximate surface area is 146 Å². The van der Waals surface area contributed by atoms with Crippen LogP contribution < -0.4 is 4.74 Å². The van der Waals surface area contributed by atoms with Crippen LogP contribution >= 0.6 is 15.9 Å². The lowest BCUT2D eigenvalue weighted by atomic mass is 10.2. The van der Waals surface area contributed by atoms with E-state index in [4.69, 9.17) is 9.47 Å². The quantitative estimate of drug-likeness (QED) is 0.797. The number of carbonyl (C=O) groups excluding carboxylic acids is 1. The predicted octanol–water partition coefficient (Wildman–Crippen LogP) is 3.38. The highest BCUT2D eigenvalue weighted by Gasteiger charge is 2.25. The minimum atomic E-state index is -0.438.